The molecule has 0 saturated heterocycles. The molecule has 0 radical (unpaired) electrons. The number of rotatable bonds is 6. The van der Waals surface area contributed by atoms with Gasteiger partial charge in [0, 0.05) is 16.9 Å². The molecule has 0 saturated carbocycles. The number of ether oxygens (including phenoxy) is 1. The zero-order valence-electron chi connectivity index (χ0n) is 13.0. The van der Waals surface area contributed by atoms with Gasteiger partial charge < -0.3 is 4.74 Å². The Hall–Kier alpha value is -1.52. The number of hydrogen-bond acceptors (Lipinski definition) is 4. The van der Waals surface area contributed by atoms with Crippen LogP contribution >= 0.6 is 11.3 Å². The number of ketones is 1. The maximum Gasteiger partial charge on any atom is 0.188 e. The molecule has 1 heterocycles. The minimum Gasteiger partial charge on any atom is -0.373 e. The van der Waals surface area contributed by atoms with Gasteiger partial charge >= 0.3 is 0 Å². The fourth-order valence-electron chi connectivity index (χ4n) is 2.23. The summed E-state index contributed by atoms with van der Waals surface area (Å²) in [7, 11) is 0. The van der Waals surface area contributed by atoms with Crippen LogP contribution in [0.3, 0.4) is 0 Å². The third-order valence-electron chi connectivity index (χ3n) is 3.69. The van der Waals surface area contributed by atoms with Crippen LogP contribution in [0, 0.1) is 27.7 Å². The van der Waals surface area contributed by atoms with Gasteiger partial charge in [-0.25, -0.2) is 4.98 Å². The molecule has 21 heavy (non-hydrogen) atoms. The number of hydrogen-bond donors (Lipinski definition) is 0. The Kier molecular flexibility index (Phi) is 5.26. The quantitative estimate of drug-likeness (QED) is 0.601. The normalized spacial score (nSPS) is 10.9. The van der Waals surface area contributed by atoms with E-state index in [1.165, 1.54) is 10.4 Å². The van der Waals surface area contributed by atoms with Crippen LogP contribution in [0.2, 0.25) is 0 Å². The molecule has 0 fully saturated rings. The molecular formula is C17H21NO2S. The van der Waals surface area contributed by atoms with E-state index in [-0.39, 0.29) is 12.4 Å². The van der Waals surface area contributed by atoms with Crippen molar-refractivity contribution >= 4 is 17.1 Å². The third kappa shape index (κ3) is 3.99. The molecule has 0 unspecified atom stereocenters. The molecule has 0 aliphatic rings. The number of benzene rings is 1. The standard InChI is InChI=1S/C17H21NO2S/c1-11-7-13(3)15(8-12(11)2)16(19)9-20-6-5-17-14(4)18-10-21-17/h7-8,10H,5-6,9H2,1-4H3. The topological polar surface area (TPSA) is 39.2 Å². The Morgan fingerprint density at radius 2 is 1.86 bits per heavy atom. The minimum absolute atomic E-state index is 0.0524. The summed E-state index contributed by atoms with van der Waals surface area (Å²) < 4.78 is 5.53. The van der Waals surface area contributed by atoms with Crippen molar-refractivity contribution in [3.63, 3.8) is 0 Å². The predicted molar refractivity (Wildman–Crippen MR) is 86.4 cm³/mol. The average molecular weight is 303 g/mol. The number of carbonyl (C=O) groups is 1. The third-order valence-corrected chi connectivity index (χ3v) is 4.69. The average Bonchev–Trinajstić information content (AvgIpc) is 2.84. The molecule has 0 bridgehead atoms. The first kappa shape index (κ1) is 15.9. The van der Waals surface area contributed by atoms with Gasteiger partial charge in [0.25, 0.3) is 0 Å². The Morgan fingerprint density at radius 1 is 1.14 bits per heavy atom. The molecule has 1 aromatic carbocycles. The van der Waals surface area contributed by atoms with Crippen molar-refractivity contribution in [1.29, 1.82) is 0 Å². The molecule has 3 nitrogen and oxygen atoms in total. The molecule has 0 aliphatic carbocycles. The van der Waals surface area contributed by atoms with Gasteiger partial charge in [-0.1, -0.05) is 6.07 Å². The van der Waals surface area contributed by atoms with Gasteiger partial charge in [-0.05, 0) is 50.5 Å². The number of nitrogens with zero attached hydrogens (tertiary/aromatic N) is 1. The van der Waals surface area contributed by atoms with E-state index in [1.807, 2.05) is 32.3 Å². The second-order valence-electron chi connectivity index (χ2n) is 5.34. The Labute approximate surface area is 130 Å². The number of aromatic nitrogens is 1. The minimum atomic E-state index is 0.0524. The fourth-order valence-corrected chi connectivity index (χ4v) is 3.00. The molecule has 2 rings (SSSR count). The van der Waals surface area contributed by atoms with Gasteiger partial charge in [0.2, 0.25) is 0 Å². The zero-order valence-corrected chi connectivity index (χ0v) is 13.8. The van der Waals surface area contributed by atoms with E-state index in [0.717, 1.165) is 28.8 Å². The fraction of sp³-hybridized carbons (Fsp3) is 0.412. The van der Waals surface area contributed by atoms with Crippen molar-refractivity contribution in [2.75, 3.05) is 13.2 Å². The van der Waals surface area contributed by atoms with Gasteiger partial charge in [-0.2, -0.15) is 0 Å². The van der Waals surface area contributed by atoms with E-state index >= 15 is 0 Å². The highest BCUT2D eigenvalue weighted by atomic mass is 32.1. The van der Waals surface area contributed by atoms with Crippen LogP contribution in [0.25, 0.3) is 0 Å². The monoisotopic (exact) mass is 303 g/mol. The van der Waals surface area contributed by atoms with Crippen LogP contribution in [-0.4, -0.2) is 24.0 Å². The van der Waals surface area contributed by atoms with Crippen molar-refractivity contribution in [3.8, 4) is 0 Å². The van der Waals surface area contributed by atoms with Crippen LogP contribution < -0.4 is 0 Å². The van der Waals surface area contributed by atoms with Gasteiger partial charge in [0.15, 0.2) is 5.78 Å². The van der Waals surface area contributed by atoms with Crippen molar-refractivity contribution < 1.29 is 9.53 Å². The van der Waals surface area contributed by atoms with E-state index < -0.39 is 0 Å². The molecule has 1 aromatic heterocycles. The highest BCUT2D eigenvalue weighted by molar-refractivity contribution is 7.09. The molecular weight excluding hydrogens is 282 g/mol. The molecule has 0 N–H and O–H groups in total. The maximum atomic E-state index is 12.2. The molecule has 0 atom stereocenters. The Bertz CT molecular complexity index is 646. The van der Waals surface area contributed by atoms with Gasteiger partial charge in [0.1, 0.15) is 6.61 Å². The summed E-state index contributed by atoms with van der Waals surface area (Å²) in [5, 5.41) is 0. The van der Waals surface area contributed by atoms with Crippen LogP contribution in [0.4, 0.5) is 0 Å². The van der Waals surface area contributed by atoms with Crippen LogP contribution in [0.15, 0.2) is 17.6 Å². The molecule has 0 aliphatic heterocycles. The number of Topliss-reactive ketones (excluding diaryl/α,β-unsaturated/α-hetero) is 1. The lowest BCUT2D eigenvalue weighted by Gasteiger charge is -2.09. The zero-order chi connectivity index (χ0) is 15.4. The summed E-state index contributed by atoms with van der Waals surface area (Å²) in [5.41, 5.74) is 7.04. The second-order valence-corrected chi connectivity index (χ2v) is 6.28. The number of thiazole rings is 1. The highest BCUT2D eigenvalue weighted by Gasteiger charge is 2.11. The maximum absolute atomic E-state index is 12.2. The highest BCUT2D eigenvalue weighted by Crippen LogP contribution is 2.16. The van der Waals surface area contributed by atoms with E-state index in [0.29, 0.717) is 6.61 Å². The van der Waals surface area contributed by atoms with E-state index in [4.69, 9.17) is 4.74 Å². The number of carbonyl (C=O) groups excluding carboxylic acids is 1. The van der Waals surface area contributed by atoms with Gasteiger partial charge in [0.05, 0.1) is 17.8 Å². The molecule has 112 valence electrons. The van der Waals surface area contributed by atoms with E-state index in [1.54, 1.807) is 11.3 Å². The van der Waals surface area contributed by atoms with Crippen LogP contribution in [0.5, 0.6) is 0 Å². The summed E-state index contributed by atoms with van der Waals surface area (Å²) >= 11 is 1.63. The van der Waals surface area contributed by atoms with Crippen LogP contribution in [-0.2, 0) is 11.2 Å². The molecule has 4 heteroatoms. The SMILES string of the molecule is Cc1cc(C)c(C(=O)COCCc2scnc2C)cc1C. The van der Waals surface area contributed by atoms with E-state index in [2.05, 4.69) is 18.0 Å². The largest absolute Gasteiger partial charge is 0.373 e. The first-order chi connectivity index (χ1) is 9.99. The lowest BCUT2D eigenvalue weighted by atomic mass is 9.98. The summed E-state index contributed by atoms with van der Waals surface area (Å²) in [4.78, 5) is 17.7. The molecule has 0 spiro atoms. The Morgan fingerprint density at radius 3 is 2.52 bits per heavy atom. The van der Waals surface area contributed by atoms with Crippen molar-refractivity contribution in [1.82, 2.24) is 4.98 Å². The van der Waals surface area contributed by atoms with Gasteiger partial charge in [-0.3, -0.25) is 4.79 Å². The summed E-state index contributed by atoms with van der Waals surface area (Å²) in [6.07, 6.45) is 0.815. The predicted octanol–water partition coefficient (Wildman–Crippen LogP) is 3.82. The first-order valence-corrected chi connectivity index (χ1v) is 7.94. The Balaban J connectivity index is 1.88. The first-order valence-electron chi connectivity index (χ1n) is 7.06. The molecule has 2 aromatic rings. The summed E-state index contributed by atoms with van der Waals surface area (Å²) in [5.74, 6) is 0.0524. The summed E-state index contributed by atoms with van der Waals surface area (Å²) in [6.45, 7) is 8.75. The lowest BCUT2D eigenvalue weighted by Crippen LogP contribution is -2.12. The molecule has 0 amide bonds. The van der Waals surface area contributed by atoms with Crippen molar-refractivity contribution in [2.24, 2.45) is 0 Å². The van der Waals surface area contributed by atoms with Crippen molar-refractivity contribution in [2.45, 2.75) is 34.1 Å². The van der Waals surface area contributed by atoms with Crippen molar-refractivity contribution in [3.05, 3.63) is 50.5 Å². The number of aryl methyl sites for hydroxylation is 4. The van der Waals surface area contributed by atoms with Crippen LogP contribution in [0.1, 0.15) is 37.6 Å². The second kappa shape index (κ2) is 6.96. The smallest absolute Gasteiger partial charge is 0.188 e. The van der Waals surface area contributed by atoms with Gasteiger partial charge in [-0.15, -0.1) is 11.3 Å². The summed E-state index contributed by atoms with van der Waals surface area (Å²) in [6, 6.07) is 4.02. The lowest BCUT2D eigenvalue weighted by molar-refractivity contribution is 0.0765. The van der Waals surface area contributed by atoms with E-state index in [9.17, 15) is 4.79 Å².